The lowest BCUT2D eigenvalue weighted by Gasteiger charge is -2.21. The summed E-state index contributed by atoms with van der Waals surface area (Å²) in [6.45, 7) is 3.02. The SMILES string of the molecule is CCOC(=O)C(C)(O)c1ccc(-c2cccc(-c3c(-c4c(C#N)cccc4C#N)c4cc(F)ccc4n3S(=O)(=O)c3ccc(C(F)F)cc3)c2)cc1. The van der Waals surface area contributed by atoms with Crippen LogP contribution in [0.15, 0.2) is 114 Å². The Labute approximate surface area is 297 Å². The van der Waals surface area contributed by atoms with Gasteiger partial charge >= 0.3 is 5.97 Å². The number of esters is 1. The van der Waals surface area contributed by atoms with Crippen LogP contribution in [0.1, 0.15) is 42.5 Å². The highest BCUT2D eigenvalue weighted by Crippen LogP contribution is 2.46. The highest BCUT2D eigenvalue weighted by atomic mass is 32.2. The van der Waals surface area contributed by atoms with E-state index in [1.165, 1.54) is 31.2 Å². The molecule has 5 aromatic carbocycles. The maximum Gasteiger partial charge on any atom is 0.342 e. The Morgan fingerprint density at radius 2 is 1.46 bits per heavy atom. The average Bonchev–Trinajstić information content (AvgIpc) is 3.49. The number of carbonyl (C=O) groups excluding carboxylic acids is 1. The molecular weight excluding hydrogens is 692 g/mol. The first kappa shape index (κ1) is 35.6. The number of aliphatic hydroxyl groups is 1. The molecule has 6 rings (SSSR count). The first-order valence-corrected chi connectivity index (χ1v) is 17.3. The van der Waals surface area contributed by atoms with Gasteiger partial charge < -0.3 is 9.84 Å². The molecule has 12 heteroatoms. The molecule has 0 aliphatic heterocycles. The van der Waals surface area contributed by atoms with Crippen molar-refractivity contribution in [2.24, 2.45) is 0 Å². The Morgan fingerprint density at radius 3 is 2.06 bits per heavy atom. The Kier molecular flexibility index (Phi) is 9.47. The fraction of sp³-hybridized carbons (Fsp3) is 0.125. The Morgan fingerprint density at radius 1 is 0.846 bits per heavy atom. The minimum absolute atomic E-state index is 0.0110. The first-order valence-electron chi connectivity index (χ1n) is 15.9. The van der Waals surface area contributed by atoms with Gasteiger partial charge in [0.15, 0.2) is 5.60 Å². The quantitative estimate of drug-likeness (QED) is 0.148. The number of benzene rings is 5. The summed E-state index contributed by atoms with van der Waals surface area (Å²) in [4.78, 5) is 12.1. The highest BCUT2D eigenvalue weighted by Gasteiger charge is 2.34. The molecule has 260 valence electrons. The summed E-state index contributed by atoms with van der Waals surface area (Å²) < 4.78 is 77.2. The van der Waals surface area contributed by atoms with Crippen LogP contribution in [0.5, 0.6) is 0 Å². The van der Waals surface area contributed by atoms with Crippen molar-refractivity contribution in [2.75, 3.05) is 6.61 Å². The third-order valence-corrected chi connectivity index (χ3v) is 10.4. The predicted octanol–water partition coefficient (Wildman–Crippen LogP) is 8.47. The van der Waals surface area contributed by atoms with E-state index in [0.717, 1.165) is 40.4 Å². The third kappa shape index (κ3) is 6.19. The fourth-order valence-electron chi connectivity index (χ4n) is 6.12. The summed E-state index contributed by atoms with van der Waals surface area (Å²) in [6.07, 6.45) is -2.84. The van der Waals surface area contributed by atoms with E-state index in [2.05, 4.69) is 12.1 Å². The van der Waals surface area contributed by atoms with Crippen LogP contribution in [0.25, 0.3) is 44.4 Å². The number of nitriles is 2. The number of alkyl halides is 2. The first-order chi connectivity index (χ1) is 24.8. The molecule has 52 heavy (non-hydrogen) atoms. The summed E-state index contributed by atoms with van der Waals surface area (Å²) in [5.41, 5.74) is -0.331. The van der Waals surface area contributed by atoms with Crippen molar-refractivity contribution < 1.29 is 36.2 Å². The summed E-state index contributed by atoms with van der Waals surface area (Å²) in [7, 11) is -4.63. The van der Waals surface area contributed by atoms with Crippen molar-refractivity contribution in [1.82, 2.24) is 3.97 Å². The molecule has 1 unspecified atom stereocenters. The maximum atomic E-state index is 15.1. The number of halogens is 3. The molecule has 0 saturated carbocycles. The normalized spacial score (nSPS) is 12.6. The van der Waals surface area contributed by atoms with Crippen LogP contribution in [-0.2, 0) is 25.2 Å². The molecule has 1 aromatic heterocycles. The zero-order valence-corrected chi connectivity index (χ0v) is 28.5. The van der Waals surface area contributed by atoms with Crippen LogP contribution in [0.2, 0.25) is 0 Å². The number of hydrogen-bond acceptors (Lipinski definition) is 7. The Hall–Kier alpha value is -6.21. The van der Waals surface area contributed by atoms with E-state index in [1.54, 1.807) is 55.5 Å². The minimum atomic E-state index is -4.63. The van der Waals surface area contributed by atoms with Crippen molar-refractivity contribution >= 4 is 26.9 Å². The molecule has 6 aromatic rings. The van der Waals surface area contributed by atoms with Gasteiger partial charge in [-0.25, -0.2) is 30.4 Å². The van der Waals surface area contributed by atoms with Crippen molar-refractivity contribution in [3.8, 4) is 45.6 Å². The highest BCUT2D eigenvalue weighted by molar-refractivity contribution is 7.90. The van der Waals surface area contributed by atoms with Gasteiger partial charge in [-0.2, -0.15) is 10.5 Å². The second-order valence-corrected chi connectivity index (χ2v) is 13.7. The van der Waals surface area contributed by atoms with Gasteiger partial charge in [0, 0.05) is 27.6 Å². The molecule has 0 fully saturated rings. The van der Waals surface area contributed by atoms with Crippen LogP contribution in [0.3, 0.4) is 0 Å². The van der Waals surface area contributed by atoms with Crippen molar-refractivity contribution in [1.29, 1.82) is 10.5 Å². The standard InChI is InChI=1S/C40H28F3N3O5S/c1-3-51-39(47)40(2,48)30-14-10-24(11-15-30)26-6-4-7-27(20-26)37-36(35-28(22-44)8-5-9-29(35)23-45)33-21-31(41)16-19-34(33)46(37)52(49,50)32-17-12-25(13-18-32)38(42)43/h4-21,38,48H,3H2,1-2H3. The molecule has 0 saturated heterocycles. The number of nitrogens with zero attached hydrogens (tertiary/aromatic N) is 3. The summed E-state index contributed by atoms with van der Waals surface area (Å²) in [5, 5.41) is 31.3. The predicted molar refractivity (Wildman–Crippen MR) is 188 cm³/mol. The number of carbonyl (C=O) groups is 1. The molecule has 0 bridgehead atoms. The van der Waals surface area contributed by atoms with Gasteiger partial charge in [-0.3, -0.25) is 0 Å². The van der Waals surface area contributed by atoms with Crippen LogP contribution < -0.4 is 0 Å². The topological polar surface area (TPSA) is 133 Å². The number of rotatable bonds is 9. The lowest BCUT2D eigenvalue weighted by Crippen LogP contribution is -2.34. The average molecular weight is 720 g/mol. The molecule has 1 atom stereocenters. The van der Waals surface area contributed by atoms with Crippen LogP contribution in [-0.4, -0.2) is 30.1 Å². The molecule has 1 N–H and O–H groups in total. The van der Waals surface area contributed by atoms with E-state index in [1.807, 2.05) is 0 Å². The zero-order chi connectivity index (χ0) is 37.4. The molecule has 1 heterocycles. The lowest BCUT2D eigenvalue weighted by atomic mass is 9.90. The molecule has 0 aliphatic carbocycles. The smallest absolute Gasteiger partial charge is 0.342 e. The van der Waals surface area contributed by atoms with E-state index in [-0.39, 0.29) is 67.0 Å². The minimum Gasteiger partial charge on any atom is -0.464 e. The molecule has 0 aliphatic rings. The summed E-state index contributed by atoms with van der Waals surface area (Å²) in [6, 6.07) is 29.3. The van der Waals surface area contributed by atoms with Gasteiger partial charge in [0.05, 0.1) is 46.0 Å². The number of fused-ring (bicyclic) bond motifs is 1. The number of ether oxygens (including phenoxy) is 1. The second kappa shape index (κ2) is 13.8. The van der Waals surface area contributed by atoms with E-state index in [4.69, 9.17) is 4.74 Å². The molecular formula is C40H28F3N3O5S. The van der Waals surface area contributed by atoms with Crippen molar-refractivity contribution in [3.63, 3.8) is 0 Å². The number of aromatic nitrogens is 1. The summed E-state index contributed by atoms with van der Waals surface area (Å²) in [5.74, 6) is -1.53. The van der Waals surface area contributed by atoms with E-state index in [9.17, 15) is 37.6 Å². The van der Waals surface area contributed by atoms with Gasteiger partial charge in [-0.15, -0.1) is 0 Å². The largest absolute Gasteiger partial charge is 0.464 e. The zero-order valence-electron chi connectivity index (χ0n) is 27.6. The number of hydrogen-bond donors (Lipinski definition) is 1. The van der Waals surface area contributed by atoms with Gasteiger partial charge in [-0.1, -0.05) is 60.7 Å². The van der Waals surface area contributed by atoms with E-state index >= 15 is 4.39 Å². The van der Waals surface area contributed by atoms with Crippen LogP contribution in [0.4, 0.5) is 13.2 Å². The Balaban J connectivity index is 1.66. The maximum absolute atomic E-state index is 15.1. The van der Waals surface area contributed by atoms with E-state index in [0.29, 0.717) is 11.1 Å². The van der Waals surface area contributed by atoms with Gasteiger partial charge in [-0.05, 0) is 79.1 Å². The van der Waals surface area contributed by atoms with Crippen LogP contribution >= 0.6 is 0 Å². The van der Waals surface area contributed by atoms with Crippen molar-refractivity contribution in [2.45, 2.75) is 30.8 Å². The van der Waals surface area contributed by atoms with Gasteiger partial charge in [0.1, 0.15) is 5.82 Å². The van der Waals surface area contributed by atoms with Crippen molar-refractivity contribution in [3.05, 3.63) is 137 Å². The molecule has 8 nitrogen and oxygen atoms in total. The van der Waals surface area contributed by atoms with Gasteiger partial charge in [0.25, 0.3) is 16.4 Å². The summed E-state index contributed by atoms with van der Waals surface area (Å²) >= 11 is 0. The van der Waals surface area contributed by atoms with Gasteiger partial charge in [0.2, 0.25) is 0 Å². The Bertz CT molecular complexity index is 2520. The second-order valence-electron chi connectivity index (χ2n) is 11.9. The third-order valence-electron chi connectivity index (χ3n) is 8.70. The van der Waals surface area contributed by atoms with E-state index < -0.39 is 33.8 Å². The molecule has 0 amide bonds. The van der Waals surface area contributed by atoms with Crippen LogP contribution in [0, 0.1) is 28.5 Å². The fourth-order valence-corrected chi connectivity index (χ4v) is 7.67. The monoisotopic (exact) mass is 719 g/mol. The lowest BCUT2D eigenvalue weighted by molar-refractivity contribution is -0.164. The molecule has 0 spiro atoms. The molecule has 0 radical (unpaired) electrons.